The van der Waals surface area contributed by atoms with Crippen LogP contribution in [0.25, 0.3) is 94.6 Å². The van der Waals surface area contributed by atoms with Crippen molar-refractivity contribution in [1.82, 2.24) is 14.5 Å². The molecule has 0 aliphatic carbocycles. The lowest BCUT2D eigenvalue weighted by Gasteiger charge is -2.26. The number of aromatic nitrogens is 3. The summed E-state index contributed by atoms with van der Waals surface area (Å²) >= 11 is 0. The van der Waals surface area contributed by atoms with Gasteiger partial charge in [-0.2, -0.15) is 5.26 Å². The van der Waals surface area contributed by atoms with Crippen LogP contribution in [0.5, 0.6) is 5.75 Å². The van der Waals surface area contributed by atoms with E-state index in [9.17, 15) is 10.4 Å². The number of fused-ring (bicyclic) bond motifs is 3. The molecule has 0 saturated carbocycles. The molecule has 5 heteroatoms. The van der Waals surface area contributed by atoms with Crippen molar-refractivity contribution in [1.29, 1.82) is 5.26 Å². The Morgan fingerprint density at radius 2 is 1.08 bits per heavy atom. The Morgan fingerprint density at radius 1 is 0.470 bits per heavy atom. The summed E-state index contributed by atoms with van der Waals surface area (Å²) in [4.78, 5) is 10.2. The predicted molar refractivity (Wildman–Crippen MR) is 273 cm³/mol. The van der Waals surface area contributed by atoms with Crippen LogP contribution in [0.15, 0.2) is 188 Å². The van der Waals surface area contributed by atoms with Crippen molar-refractivity contribution < 1.29 is 5.11 Å². The highest BCUT2D eigenvalue weighted by molar-refractivity contribution is 6.14. The Kier molecular flexibility index (Phi) is 10.5. The van der Waals surface area contributed by atoms with Gasteiger partial charge in [-0.1, -0.05) is 151 Å². The van der Waals surface area contributed by atoms with Crippen molar-refractivity contribution in [3.63, 3.8) is 0 Å². The zero-order valence-electron chi connectivity index (χ0n) is 38.1. The van der Waals surface area contributed by atoms with Gasteiger partial charge in [0.2, 0.25) is 0 Å². The summed E-state index contributed by atoms with van der Waals surface area (Å²) in [6.45, 7) is 13.6. The zero-order chi connectivity index (χ0) is 45.7. The van der Waals surface area contributed by atoms with E-state index in [1.54, 1.807) is 6.07 Å². The smallest absolute Gasteiger partial charge is 0.124 e. The van der Waals surface area contributed by atoms with E-state index in [0.29, 0.717) is 16.8 Å². The van der Waals surface area contributed by atoms with E-state index >= 15 is 0 Å². The molecule has 10 rings (SSSR count). The normalized spacial score (nSPS) is 11.8. The molecule has 5 nitrogen and oxygen atoms in total. The lowest BCUT2D eigenvalue weighted by molar-refractivity contribution is 0.477. The highest BCUT2D eigenvalue weighted by atomic mass is 16.3. The standard InChI is InChI=1S/C61H50N4O/c1-60(2,3)47-31-45(32-48(37-47)61(4,5)6)46-35-55(64-56(36-46)53-19-8-10-23-58(53)66)44-16-11-15-43(30-44)54-34-42(28-29-63-54)50-20-13-21-52-51-18-7-9-22-57(51)65(59(50)52)49-17-12-14-41(33-49)40-26-24-39(38-62)25-27-40/h7-37,66H,1-6H3. The molecule has 0 unspecified atom stereocenters. The molecular weight excluding hydrogens is 805 g/mol. The fourth-order valence-corrected chi connectivity index (χ4v) is 9.01. The van der Waals surface area contributed by atoms with Crippen molar-refractivity contribution in [2.75, 3.05) is 0 Å². The second kappa shape index (κ2) is 16.5. The molecule has 0 aliphatic rings. The molecule has 0 aliphatic heterocycles. The first kappa shape index (κ1) is 41.9. The third kappa shape index (κ3) is 7.92. The molecule has 0 saturated heterocycles. The summed E-state index contributed by atoms with van der Waals surface area (Å²) in [5, 5.41) is 22.9. The summed E-state index contributed by atoms with van der Waals surface area (Å²) in [6.07, 6.45) is 1.90. The first-order valence-electron chi connectivity index (χ1n) is 22.5. The van der Waals surface area contributed by atoms with Crippen LogP contribution in [-0.2, 0) is 10.8 Å². The third-order valence-corrected chi connectivity index (χ3v) is 12.7. The van der Waals surface area contributed by atoms with Crippen molar-refractivity contribution in [3.05, 3.63) is 205 Å². The number of hydrogen-bond acceptors (Lipinski definition) is 4. The molecule has 0 bridgehead atoms. The summed E-state index contributed by atoms with van der Waals surface area (Å²) in [6, 6.07) is 65.2. The molecule has 0 fully saturated rings. The molecule has 0 spiro atoms. The molecule has 10 aromatic rings. The minimum atomic E-state index is -0.0530. The van der Waals surface area contributed by atoms with E-state index in [2.05, 4.69) is 186 Å². The first-order valence-corrected chi connectivity index (χ1v) is 22.5. The van der Waals surface area contributed by atoms with Gasteiger partial charge < -0.3 is 9.67 Å². The van der Waals surface area contributed by atoms with E-state index < -0.39 is 0 Å². The lowest BCUT2D eigenvalue weighted by atomic mass is 9.79. The number of benzene rings is 7. The van der Waals surface area contributed by atoms with Crippen molar-refractivity contribution in [2.24, 2.45) is 0 Å². The number of phenolic OH excluding ortho intramolecular Hbond substituents is 1. The Morgan fingerprint density at radius 3 is 1.82 bits per heavy atom. The molecule has 320 valence electrons. The molecule has 0 atom stereocenters. The van der Waals surface area contributed by atoms with Crippen LogP contribution < -0.4 is 0 Å². The summed E-state index contributed by atoms with van der Waals surface area (Å²) in [5.74, 6) is 0.190. The van der Waals surface area contributed by atoms with E-state index in [1.165, 1.54) is 21.9 Å². The Bertz CT molecular complexity index is 3490. The zero-order valence-corrected chi connectivity index (χ0v) is 38.1. The highest BCUT2D eigenvalue weighted by Crippen LogP contribution is 2.41. The topological polar surface area (TPSA) is 74.7 Å². The van der Waals surface area contributed by atoms with Gasteiger partial charge in [-0.25, -0.2) is 4.98 Å². The lowest BCUT2D eigenvalue weighted by Crippen LogP contribution is -2.16. The fourth-order valence-electron chi connectivity index (χ4n) is 9.01. The molecule has 0 radical (unpaired) electrons. The minimum absolute atomic E-state index is 0.0530. The van der Waals surface area contributed by atoms with E-state index in [-0.39, 0.29) is 16.6 Å². The molecule has 7 aromatic carbocycles. The predicted octanol–water partition coefficient (Wildman–Crippen LogP) is 15.7. The quantitative estimate of drug-likeness (QED) is 0.173. The average Bonchev–Trinajstić information content (AvgIpc) is 3.68. The number of hydrogen-bond donors (Lipinski definition) is 1. The maximum Gasteiger partial charge on any atom is 0.124 e. The number of nitriles is 1. The second-order valence-electron chi connectivity index (χ2n) is 19.2. The molecule has 66 heavy (non-hydrogen) atoms. The van der Waals surface area contributed by atoms with Gasteiger partial charge in [-0.05, 0) is 123 Å². The van der Waals surface area contributed by atoms with Gasteiger partial charge in [0.15, 0.2) is 0 Å². The van der Waals surface area contributed by atoms with Crippen LogP contribution in [0.4, 0.5) is 0 Å². The van der Waals surface area contributed by atoms with E-state index in [0.717, 1.165) is 72.6 Å². The summed E-state index contributed by atoms with van der Waals surface area (Å²) in [5.41, 5.74) is 17.8. The van der Waals surface area contributed by atoms with Crippen LogP contribution in [0, 0.1) is 11.3 Å². The van der Waals surface area contributed by atoms with E-state index in [1.807, 2.05) is 48.7 Å². The Hall–Kier alpha value is -8.07. The SMILES string of the molecule is CC(C)(C)c1cc(-c2cc(-c3cccc(-c4cc(-c5cccc6c7ccccc7n(-c7cccc(-c8ccc(C#N)cc8)c7)c56)ccn4)c3)nc(-c3ccccc3O)c2)cc(C(C)(C)C)c1. The molecular formula is C61H50N4O. The van der Waals surface area contributed by atoms with Gasteiger partial charge in [0.25, 0.3) is 0 Å². The number of rotatable bonds is 7. The van der Waals surface area contributed by atoms with Crippen LogP contribution in [0.1, 0.15) is 58.2 Å². The number of pyridine rings is 2. The number of phenols is 1. The maximum absolute atomic E-state index is 11.1. The maximum atomic E-state index is 11.1. The van der Waals surface area contributed by atoms with Gasteiger partial charge in [-0.15, -0.1) is 0 Å². The van der Waals surface area contributed by atoms with E-state index in [4.69, 9.17) is 9.97 Å². The van der Waals surface area contributed by atoms with Crippen molar-refractivity contribution in [2.45, 2.75) is 52.4 Å². The third-order valence-electron chi connectivity index (χ3n) is 12.7. The molecule has 3 aromatic heterocycles. The fraction of sp³-hybridized carbons (Fsp3) is 0.131. The van der Waals surface area contributed by atoms with Crippen LogP contribution >= 0.6 is 0 Å². The summed E-state index contributed by atoms with van der Waals surface area (Å²) in [7, 11) is 0. The number of para-hydroxylation sites is 3. The van der Waals surface area contributed by atoms with Crippen molar-refractivity contribution >= 4 is 21.8 Å². The van der Waals surface area contributed by atoms with Gasteiger partial charge in [0, 0.05) is 44.9 Å². The number of nitrogens with zero attached hydrogens (tertiary/aromatic N) is 4. The summed E-state index contributed by atoms with van der Waals surface area (Å²) < 4.78 is 2.37. The second-order valence-corrected chi connectivity index (χ2v) is 19.2. The minimum Gasteiger partial charge on any atom is -0.507 e. The van der Waals surface area contributed by atoms with Gasteiger partial charge in [0.1, 0.15) is 5.75 Å². The van der Waals surface area contributed by atoms with Crippen LogP contribution in [0.2, 0.25) is 0 Å². The Labute approximate surface area is 387 Å². The largest absolute Gasteiger partial charge is 0.507 e. The van der Waals surface area contributed by atoms with Gasteiger partial charge >= 0.3 is 0 Å². The average molecular weight is 855 g/mol. The highest BCUT2D eigenvalue weighted by Gasteiger charge is 2.23. The molecule has 3 heterocycles. The van der Waals surface area contributed by atoms with Gasteiger partial charge in [0.05, 0.1) is 39.7 Å². The van der Waals surface area contributed by atoms with Gasteiger partial charge in [-0.3, -0.25) is 4.98 Å². The molecule has 1 N–H and O–H groups in total. The van der Waals surface area contributed by atoms with Crippen molar-refractivity contribution in [3.8, 4) is 84.7 Å². The number of aromatic hydroxyl groups is 1. The Balaban J connectivity index is 1.10. The van der Waals surface area contributed by atoms with Crippen LogP contribution in [0.3, 0.4) is 0 Å². The van der Waals surface area contributed by atoms with Crippen LogP contribution in [-0.4, -0.2) is 19.6 Å². The molecule has 0 amide bonds. The monoisotopic (exact) mass is 854 g/mol. The first-order chi connectivity index (χ1) is 31.8.